The molecule has 0 amide bonds. The van der Waals surface area contributed by atoms with E-state index < -0.39 is 6.10 Å². The summed E-state index contributed by atoms with van der Waals surface area (Å²) >= 11 is 5.98. The number of piperazine rings is 1. The zero-order chi connectivity index (χ0) is 20.6. The first-order chi connectivity index (χ1) is 13.8. The van der Waals surface area contributed by atoms with Crippen LogP contribution >= 0.6 is 11.6 Å². The summed E-state index contributed by atoms with van der Waals surface area (Å²) in [5, 5.41) is 11.4. The van der Waals surface area contributed by atoms with Crippen LogP contribution in [0.3, 0.4) is 0 Å². The Morgan fingerprint density at radius 3 is 2.38 bits per heavy atom. The van der Waals surface area contributed by atoms with Crippen molar-refractivity contribution in [3.05, 3.63) is 34.9 Å². The fourth-order valence-corrected chi connectivity index (χ4v) is 6.33. The topological polar surface area (TPSA) is 35.9 Å². The van der Waals surface area contributed by atoms with E-state index in [4.69, 9.17) is 16.3 Å². The van der Waals surface area contributed by atoms with Gasteiger partial charge in [0, 0.05) is 44.3 Å². The molecule has 1 aromatic rings. The van der Waals surface area contributed by atoms with Crippen LogP contribution in [0.4, 0.5) is 0 Å². The molecule has 29 heavy (non-hydrogen) atoms. The number of aliphatic hydroxyl groups excluding tert-OH is 1. The van der Waals surface area contributed by atoms with Gasteiger partial charge in [-0.2, -0.15) is 0 Å². The van der Waals surface area contributed by atoms with Gasteiger partial charge in [0.05, 0.1) is 18.8 Å². The van der Waals surface area contributed by atoms with Crippen LogP contribution in [-0.2, 0) is 11.3 Å². The molecule has 0 aromatic heterocycles. The molecule has 1 N–H and O–H groups in total. The summed E-state index contributed by atoms with van der Waals surface area (Å²) in [6.07, 6.45) is 3.77. The van der Waals surface area contributed by atoms with E-state index in [1.165, 1.54) is 24.8 Å². The number of nitrogens with zero attached hydrogens (tertiary/aromatic N) is 2. The molecule has 162 valence electrons. The predicted molar refractivity (Wildman–Crippen MR) is 118 cm³/mol. The second-order valence-electron chi connectivity index (χ2n) is 10.5. The van der Waals surface area contributed by atoms with Gasteiger partial charge in [0.2, 0.25) is 0 Å². The quantitative estimate of drug-likeness (QED) is 0.721. The van der Waals surface area contributed by atoms with E-state index in [-0.39, 0.29) is 11.5 Å². The van der Waals surface area contributed by atoms with Crippen LogP contribution in [0, 0.1) is 16.7 Å². The number of aliphatic hydroxyl groups is 1. The molecule has 2 aliphatic carbocycles. The Balaban J connectivity index is 1.19. The summed E-state index contributed by atoms with van der Waals surface area (Å²) in [5.74, 6) is 0.781. The lowest BCUT2D eigenvalue weighted by molar-refractivity contribution is -0.114. The first-order valence-corrected chi connectivity index (χ1v) is 11.6. The van der Waals surface area contributed by atoms with Crippen molar-refractivity contribution in [2.24, 2.45) is 16.7 Å². The maximum Gasteiger partial charge on any atom is 0.0900 e. The zero-order valence-electron chi connectivity index (χ0n) is 18.2. The number of hydrogen-bond acceptors (Lipinski definition) is 4. The van der Waals surface area contributed by atoms with E-state index in [1.807, 2.05) is 12.1 Å². The summed E-state index contributed by atoms with van der Waals surface area (Å²) in [5.41, 5.74) is 1.85. The Morgan fingerprint density at radius 1 is 1.10 bits per heavy atom. The highest BCUT2D eigenvalue weighted by Gasteiger charge is 2.60. The first kappa shape index (κ1) is 21.6. The van der Waals surface area contributed by atoms with Crippen LogP contribution in [0.2, 0.25) is 5.02 Å². The maximum absolute atomic E-state index is 10.6. The van der Waals surface area contributed by atoms with Crippen molar-refractivity contribution >= 4 is 11.6 Å². The Morgan fingerprint density at radius 2 is 1.76 bits per heavy atom. The highest BCUT2D eigenvalue weighted by atomic mass is 35.5. The Bertz CT molecular complexity index is 682. The van der Waals surface area contributed by atoms with Crippen molar-refractivity contribution in [2.45, 2.75) is 58.8 Å². The zero-order valence-corrected chi connectivity index (χ0v) is 19.0. The van der Waals surface area contributed by atoms with E-state index in [0.29, 0.717) is 18.6 Å². The van der Waals surface area contributed by atoms with E-state index in [2.05, 4.69) is 42.7 Å². The van der Waals surface area contributed by atoms with Crippen LogP contribution in [0.1, 0.15) is 45.6 Å². The molecule has 4 rings (SSSR count). The van der Waals surface area contributed by atoms with E-state index in [1.54, 1.807) is 0 Å². The van der Waals surface area contributed by atoms with Crippen molar-refractivity contribution in [1.29, 1.82) is 0 Å². The molecule has 0 radical (unpaired) electrons. The smallest absolute Gasteiger partial charge is 0.0900 e. The maximum atomic E-state index is 10.6. The Hall–Kier alpha value is -0.650. The molecule has 3 aliphatic rings. The summed E-state index contributed by atoms with van der Waals surface area (Å²) in [6, 6.07) is 8.13. The van der Waals surface area contributed by atoms with E-state index in [9.17, 15) is 5.11 Å². The largest absolute Gasteiger partial charge is 0.389 e. The Kier molecular flexibility index (Phi) is 6.30. The number of ether oxygens (including phenoxy) is 1. The number of fused-ring (bicyclic) bond motifs is 2. The minimum Gasteiger partial charge on any atom is -0.389 e. The van der Waals surface area contributed by atoms with Gasteiger partial charge < -0.3 is 9.84 Å². The highest BCUT2D eigenvalue weighted by Crippen LogP contribution is 2.63. The molecule has 1 aromatic carbocycles. The van der Waals surface area contributed by atoms with Crippen molar-refractivity contribution in [3.8, 4) is 0 Å². The van der Waals surface area contributed by atoms with E-state index >= 15 is 0 Å². The number of halogens is 1. The molecular formula is C24H37ClN2O2. The van der Waals surface area contributed by atoms with Gasteiger partial charge in [-0.15, -0.1) is 0 Å². The van der Waals surface area contributed by atoms with Crippen molar-refractivity contribution in [2.75, 3.05) is 39.3 Å². The molecule has 4 nitrogen and oxygen atoms in total. The molecule has 2 bridgehead atoms. The molecule has 0 unspecified atom stereocenters. The number of β-amino-alcohol motifs (C(OH)–C–C–N with tert-alkyl or cyclic N) is 1. The lowest BCUT2D eigenvalue weighted by Gasteiger charge is -2.43. The minimum atomic E-state index is -0.406. The average Bonchev–Trinajstić information content (AvgIpc) is 3.16. The minimum absolute atomic E-state index is 0.236. The molecular weight excluding hydrogens is 384 g/mol. The monoisotopic (exact) mass is 420 g/mol. The van der Waals surface area contributed by atoms with Gasteiger partial charge in [-0.3, -0.25) is 9.80 Å². The van der Waals surface area contributed by atoms with Crippen LogP contribution in [0.5, 0.6) is 0 Å². The predicted octanol–water partition coefficient (Wildman–Crippen LogP) is 4.05. The molecule has 0 spiro atoms. The molecule has 1 aliphatic heterocycles. The standard InChI is InChI=1S/C24H37ClN2O2/c1-23(2)19-8-9-24(3,14-19)22(23)29-17-21(28)16-27-12-10-26(11-13-27)15-18-4-6-20(25)7-5-18/h4-7,19,21-22,28H,8-17H2,1-3H3/t19-,21+,22+,24-/m0/s1. The Labute approximate surface area is 181 Å². The highest BCUT2D eigenvalue weighted by molar-refractivity contribution is 6.30. The van der Waals surface area contributed by atoms with Crippen molar-refractivity contribution < 1.29 is 9.84 Å². The van der Waals surface area contributed by atoms with Gasteiger partial charge >= 0.3 is 0 Å². The number of hydrogen-bond donors (Lipinski definition) is 1. The molecule has 5 heteroatoms. The lowest BCUT2D eigenvalue weighted by Crippen LogP contribution is -2.49. The van der Waals surface area contributed by atoms with Gasteiger partial charge in [-0.25, -0.2) is 0 Å². The van der Waals surface area contributed by atoms with Crippen LogP contribution in [0.25, 0.3) is 0 Å². The normalized spacial score (nSPS) is 33.3. The second-order valence-corrected chi connectivity index (χ2v) is 10.9. The SMILES string of the molecule is CC1(C)[C@H]2CC[C@@](C)(C2)[C@@H]1OC[C@H](O)CN1CCN(Cc2ccc(Cl)cc2)CC1. The average molecular weight is 421 g/mol. The molecule has 2 saturated carbocycles. The van der Waals surface area contributed by atoms with Gasteiger partial charge in [-0.1, -0.05) is 44.5 Å². The van der Waals surface area contributed by atoms with Crippen molar-refractivity contribution in [3.63, 3.8) is 0 Å². The van der Waals surface area contributed by atoms with Crippen LogP contribution < -0.4 is 0 Å². The third-order valence-electron chi connectivity index (χ3n) is 7.85. The van der Waals surface area contributed by atoms with Gasteiger partial charge in [0.1, 0.15) is 0 Å². The van der Waals surface area contributed by atoms with Crippen LogP contribution in [-0.4, -0.2) is 66.4 Å². The molecule has 1 saturated heterocycles. The fourth-order valence-electron chi connectivity index (χ4n) is 6.21. The number of rotatable bonds is 7. The summed E-state index contributed by atoms with van der Waals surface area (Å²) in [6.45, 7) is 13.3. The lowest BCUT2D eigenvalue weighted by atomic mass is 9.70. The summed E-state index contributed by atoms with van der Waals surface area (Å²) in [7, 11) is 0. The third-order valence-corrected chi connectivity index (χ3v) is 8.10. The first-order valence-electron chi connectivity index (χ1n) is 11.2. The molecule has 4 atom stereocenters. The van der Waals surface area contributed by atoms with Crippen molar-refractivity contribution in [1.82, 2.24) is 9.80 Å². The molecule has 3 fully saturated rings. The second kappa shape index (κ2) is 8.47. The van der Waals surface area contributed by atoms with Gasteiger partial charge in [-0.05, 0) is 53.7 Å². The summed E-state index contributed by atoms with van der Waals surface area (Å²) in [4.78, 5) is 4.85. The van der Waals surface area contributed by atoms with E-state index in [0.717, 1.165) is 43.7 Å². The molecule has 1 heterocycles. The third kappa shape index (κ3) is 4.67. The fraction of sp³-hybridized carbons (Fsp3) is 0.750. The van der Waals surface area contributed by atoms with Gasteiger partial charge in [0.25, 0.3) is 0 Å². The summed E-state index contributed by atoms with van der Waals surface area (Å²) < 4.78 is 6.37. The van der Waals surface area contributed by atoms with Gasteiger partial charge in [0.15, 0.2) is 0 Å². The van der Waals surface area contributed by atoms with Crippen LogP contribution in [0.15, 0.2) is 24.3 Å². The number of benzene rings is 1.